The van der Waals surface area contributed by atoms with E-state index in [4.69, 9.17) is 5.11 Å². The van der Waals surface area contributed by atoms with E-state index in [1.807, 2.05) is 0 Å². The Bertz CT molecular complexity index is 238. The van der Waals surface area contributed by atoms with Crippen LogP contribution in [0.3, 0.4) is 0 Å². The van der Waals surface area contributed by atoms with Gasteiger partial charge in [0, 0.05) is 0 Å². The van der Waals surface area contributed by atoms with Crippen LogP contribution in [-0.4, -0.2) is 40.7 Å². The van der Waals surface area contributed by atoms with Crippen molar-refractivity contribution >= 4 is 23.6 Å². The molecular formula is C10H18FNO3S. The topological polar surface area (TPSA) is 66.4 Å². The molecule has 0 bridgehead atoms. The Hall–Kier alpha value is -0.780. The Balaban J connectivity index is 3.98. The molecule has 0 aliphatic carbocycles. The summed E-state index contributed by atoms with van der Waals surface area (Å²) in [6, 6.07) is -1.43. The van der Waals surface area contributed by atoms with Gasteiger partial charge in [-0.05, 0) is 19.1 Å². The van der Waals surface area contributed by atoms with Gasteiger partial charge < -0.3 is 10.4 Å². The van der Waals surface area contributed by atoms with Gasteiger partial charge in [-0.2, -0.15) is 0 Å². The maximum Gasteiger partial charge on any atom is 0.328 e. The van der Waals surface area contributed by atoms with Gasteiger partial charge in [-0.1, -0.05) is 13.3 Å². The number of nitrogens with one attached hydrogen (secondary N) is 1. The molecule has 1 amide bonds. The number of halogens is 1. The molecule has 0 aromatic rings. The summed E-state index contributed by atoms with van der Waals surface area (Å²) in [6.45, 7) is 2.65. The smallest absolute Gasteiger partial charge is 0.328 e. The highest BCUT2D eigenvalue weighted by atomic mass is 32.2. The van der Waals surface area contributed by atoms with Gasteiger partial charge in [0.05, 0.1) is 5.25 Å². The zero-order valence-electron chi connectivity index (χ0n) is 9.53. The molecule has 0 saturated heterocycles. The number of amides is 1. The van der Waals surface area contributed by atoms with Crippen molar-refractivity contribution in [2.45, 2.75) is 38.0 Å². The van der Waals surface area contributed by atoms with Gasteiger partial charge in [0.2, 0.25) is 5.91 Å². The van der Waals surface area contributed by atoms with E-state index >= 15 is 0 Å². The van der Waals surface area contributed by atoms with E-state index in [0.717, 1.165) is 18.6 Å². The van der Waals surface area contributed by atoms with Crippen molar-refractivity contribution in [3.63, 3.8) is 0 Å². The first-order valence-corrected chi connectivity index (χ1v) is 6.28. The third-order valence-corrected chi connectivity index (χ3v) is 3.24. The van der Waals surface area contributed by atoms with Gasteiger partial charge in [-0.15, -0.1) is 11.8 Å². The summed E-state index contributed by atoms with van der Waals surface area (Å²) in [5.41, 5.74) is 0. The van der Waals surface area contributed by atoms with Crippen LogP contribution in [0, 0.1) is 0 Å². The van der Waals surface area contributed by atoms with E-state index in [1.54, 1.807) is 6.92 Å². The van der Waals surface area contributed by atoms with Gasteiger partial charge in [0.25, 0.3) is 0 Å². The summed E-state index contributed by atoms with van der Waals surface area (Å²) in [5.74, 6) is -0.925. The molecule has 6 heteroatoms. The average molecular weight is 251 g/mol. The molecule has 0 saturated carbocycles. The standard InChI is InChI=1S/C10H18FNO3S/c1-3-4-5-16-7(2)9(13)12-8(6-11)10(14)15/h7-8H,3-6H2,1-2H3,(H,12,13)(H,14,15). The van der Waals surface area contributed by atoms with Gasteiger partial charge in [0.1, 0.15) is 6.67 Å². The number of carbonyl (C=O) groups excluding carboxylic acids is 1. The summed E-state index contributed by atoms with van der Waals surface area (Å²) >= 11 is 1.45. The zero-order chi connectivity index (χ0) is 12.6. The van der Waals surface area contributed by atoms with E-state index in [2.05, 4.69) is 12.2 Å². The van der Waals surface area contributed by atoms with E-state index in [9.17, 15) is 14.0 Å². The fourth-order valence-electron chi connectivity index (χ4n) is 0.936. The summed E-state index contributed by atoms with van der Waals surface area (Å²) < 4.78 is 12.2. The lowest BCUT2D eigenvalue weighted by Gasteiger charge is -2.15. The van der Waals surface area contributed by atoms with E-state index < -0.39 is 24.6 Å². The molecular weight excluding hydrogens is 233 g/mol. The number of thioether (sulfide) groups is 1. The number of rotatable bonds is 8. The first-order valence-electron chi connectivity index (χ1n) is 5.23. The van der Waals surface area contributed by atoms with E-state index in [-0.39, 0.29) is 5.25 Å². The molecule has 0 aromatic heterocycles. The monoisotopic (exact) mass is 251 g/mol. The highest BCUT2D eigenvalue weighted by molar-refractivity contribution is 8.00. The fourth-order valence-corrected chi connectivity index (χ4v) is 1.96. The molecule has 0 aliphatic heterocycles. The van der Waals surface area contributed by atoms with Crippen molar-refractivity contribution in [1.82, 2.24) is 5.32 Å². The highest BCUT2D eigenvalue weighted by Gasteiger charge is 2.22. The number of carbonyl (C=O) groups is 2. The van der Waals surface area contributed by atoms with Crippen molar-refractivity contribution < 1.29 is 19.1 Å². The minimum Gasteiger partial charge on any atom is -0.480 e. The molecule has 0 heterocycles. The second kappa shape index (κ2) is 8.38. The molecule has 0 aromatic carbocycles. The number of carboxylic acids is 1. The molecule has 0 fully saturated rings. The van der Waals surface area contributed by atoms with Crippen molar-refractivity contribution in [2.75, 3.05) is 12.4 Å². The Morgan fingerprint density at radius 1 is 1.50 bits per heavy atom. The summed E-state index contributed by atoms with van der Waals surface area (Å²) in [4.78, 5) is 21.9. The maximum absolute atomic E-state index is 12.2. The van der Waals surface area contributed by atoms with Crippen molar-refractivity contribution in [1.29, 1.82) is 0 Å². The van der Waals surface area contributed by atoms with Crippen molar-refractivity contribution in [3.05, 3.63) is 0 Å². The summed E-state index contributed by atoms with van der Waals surface area (Å²) in [6.07, 6.45) is 2.05. The predicted octanol–water partition coefficient (Wildman–Crippen LogP) is 1.45. The Labute approximate surface area is 99.0 Å². The van der Waals surface area contributed by atoms with Crippen LogP contribution in [0.1, 0.15) is 26.7 Å². The van der Waals surface area contributed by atoms with Crippen LogP contribution in [0.2, 0.25) is 0 Å². The summed E-state index contributed by atoms with van der Waals surface area (Å²) in [7, 11) is 0. The molecule has 94 valence electrons. The number of hydrogen-bond donors (Lipinski definition) is 2. The SMILES string of the molecule is CCCCSC(C)C(=O)NC(CF)C(=O)O. The van der Waals surface area contributed by atoms with Crippen LogP contribution in [0.25, 0.3) is 0 Å². The fraction of sp³-hybridized carbons (Fsp3) is 0.800. The van der Waals surface area contributed by atoms with Gasteiger partial charge in [0.15, 0.2) is 6.04 Å². The quantitative estimate of drug-likeness (QED) is 0.641. The van der Waals surface area contributed by atoms with E-state index in [1.165, 1.54) is 11.8 Å². The van der Waals surface area contributed by atoms with Crippen LogP contribution in [0.5, 0.6) is 0 Å². The highest BCUT2D eigenvalue weighted by Crippen LogP contribution is 2.12. The lowest BCUT2D eigenvalue weighted by molar-refractivity contribution is -0.142. The molecule has 0 radical (unpaired) electrons. The van der Waals surface area contributed by atoms with Crippen LogP contribution in [0.15, 0.2) is 0 Å². The van der Waals surface area contributed by atoms with Gasteiger partial charge in [-0.3, -0.25) is 4.79 Å². The number of hydrogen-bond acceptors (Lipinski definition) is 3. The molecule has 2 unspecified atom stereocenters. The molecule has 2 atom stereocenters. The minimum absolute atomic E-state index is 0.347. The molecule has 0 rings (SSSR count). The van der Waals surface area contributed by atoms with Crippen LogP contribution in [0.4, 0.5) is 4.39 Å². The number of carboxylic acid groups (broad SMARTS) is 1. The van der Waals surface area contributed by atoms with Crippen LogP contribution in [-0.2, 0) is 9.59 Å². The minimum atomic E-state index is -1.43. The first-order chi connectivity index (χ1) is 7.52. The molecule has 2 N–H and O–H groups in total. The molecule has 16 heavy (non-hydrogen) atoms. The second-order valence-electron chi connectivity index (χ2n) is 3.42. The van der Waals surface area contributed by atoms with Crippen LogP contribution < -0.4 is 5.32 Å². The van der Waals surface area contributed by atoms with Gasteiger partial charge in [-0.25, -0.2) is 9.18 Å². The molecule has 0 spiro atoms. The first kappa shape index (κ1) is 15.2. The van der Waals surface area contributed by atoms with Gasteiger partial charge >= 0.3 is 5.97 Å². The number of alkyl halides is 1. The van der Waals surface area contributed by atoms with Crippen LogP contribution >= 0.6 is 11.8 Å². The lowest BCUT2D eigenvalue weighted by atomic mass is 10.3. The Kier molecular flexibility index (Phi) is 7.97. The normalized spacial score (nSPS) is 14.2. The van der Waals surface area contributed by atoms with Crippen molar-refractivity contribution in [2.24, 2.45) is 0 Å². The third-order valence-electron chi connectivity index (χ3n) is 2.00. The molecule has 0 aliphatic rings. The molecule has 4 nitrogen and oxygen atoms in total. The van der Waals surface area contributed by atoms with Crippen molar-refractivity contribution in [3.8, 4) is 0 Å². The van der Waals surface area contributed by atoms with E-state index in [0.29, 0.717) is 0 Å². The average Bonchev–Trinajstić information content (AvgIpc) is 2.25. The largest absolute Gasteiger partial charge is 0.480 e. The third kappa shape index (κ3) is 5.95. The number of aliphatic carboxylic acids is 1. The predicted molar refractivity (Wildman–Crippen MR) is 62.4 cm³/mol. The number of unbranched alkanes of at least 4 members (excludes halogenated alkanes) is 1. The zero-order valence-corrected chi connectivity index (χ0v) is 10.3. The second-order valence-corrected chi connectivity index (χ2v) is 4.87. The summed E-state index contributed by atoms with van der Waals surface area (Å²) in [5, 5.41) is 10.4. The maximum atomic E-state index is 12.2. The Morgan fingerprint density at radius 3 is 2.56 bits per heavy atom. The Morgan fingerprint density at radius 2 is 2.12 bits per heavy atom. The lowest BCUT2D eigenvalue weighted by Crippen LogP contribution is -2.45.